The van der Waals surface area contributed by atoms with Gasteiger partial charge in [-0.15, -0.1) is 11.3 Å². The van der Waals surface area contributed by atoms with Crippen LogP contribution in [0.15, 0.2) is 24.3 Å². The molecule has 2 aliphatic rings. The number of H-pyrrole nitrogens is 1. The maximum atomic E-state index is 12.9. The molecule has 0 unspecified atom stereocenters. The zero-order valence-electron chi connectivity index (χ0n) is 17.5. The molecule has 32 heavy (non-hydrogen) atoms. The molecule has 10 heteroatoms. The molecule has 166 valence electrons. The first-order valence-electron chi connectivity index (χ1n) is 10.7. The lowest BCUT2D eigenvalue weighted by Gasteiger charge is -2.34. The maximum absolute atomic E-state index is 12.9. The largest absolute Gasteiger partial charge is 0.365 e. The fraction of sp³-hybridized carbons (Fsp3) is 0.364. The molecule has 5 rings (SSSR count). The van der Waals surface area contributed by atoms with Crippen molar-refractivity contribution >= 4 is 45.0 Å². The van der Waals surface area contributed by atoms with Crippen molar-refractivity contribution in [2.24, 2.45) is 5.73 Å². The zero-order chi connectivity index (χ0) is 22.2. The van der Waals surface area contributed by atoms with Gasteiger partial charge in [-0.3, -0.25) is 24.4 Å². The number of piperazine rings is 1. The topological polar surface area (TPSA) is 124 Å². The molecule has 1 aliphatic carbocycles. The number of nitrogens with two attached hydrogens (primary N) is 1. The number of amides is 3. The van der Waals surface area contributed by atoms with Crippen LogP contribution in [-0.2, 0) is 17.6 Å². The highest BCUT2D eigenvalue weighted by Crippen LogP contribution is 2.38. The average Bonchev–Trinajstić information content (AvgIpc) is 3.47. The third-order valence-electron chi connectivity index (χ3n) is 6.12. The summed E-state index contributed by atoms with van der Waals surface area (Å²) in [6.07, 6.45) is 2.78. The van der Waals surface area contributed by atoms with Crippen molar-refractivity contribution in [3.05, 3.63) is 46.0 Å². The highest BCUT2D eigenvalue weighted by atomic mass is 32.1. The van der Waals surface area contributed by atoms with Gasteiger partial charge in [-0.05, 0) is 30.9 Å². The van der Waals surface area contributed by atoms with E-state index in [0.29, 0.717) is 42.4 Å². The van der Waals surface area contributed by atoms with E-state index in [-0.39, 0.29) is 18.4 Å². The van der Waals surface area contributed by atoms with Gasteiger partial charge in [0.2, 0.25) is 5.91 Å². The van der Waals surface area contributed by atoms with Crippen LogP contribution in [0, 0.1) is 0 Å². The molecule has 0 atom stereocenters. The lowest BCUT2D eigenvalue weighted by atomic mass is 10.1. The molecular formula is C22H24N6O3S. The van der Waals surface area contributed by atoms with Crippen LogP contribution in [0.4, 0.5) is 5.00 Å². The summed E-state index contributed by atoms with van der Waals surface area (Å²) in [5, 5.41) is 11.4. The smallest absolute Gasteiger partial charge is 0.275 e. The van der Waals surface area contributed by atoms with E-state index in [4.69, 9.17) is 5.73 Å². The van der Waals surface area contributed by atoms with Gasteiger partial charge in [-0.2, -0.15) is 5.10 Å². The minimum absolute atomic E-state index is 0.106. The number of thiophene rings is 1. The second-order valence-electron chi connectivity index (χ2n) is 8.16. The number of primary amides is 1. The van der Waals surface area contributed by atoms with Gasteiger partial charge in [-0.1, -0.05) is 18.2 Å². The van der Waals surface area contributed by atoms with Crippen LogP contribution in [0.1, 0.15) is 37.7 Å². The Morgan fingerprint density at radius 2 is 1.91 bits per heavy atom. The van der Waals surface area contributed by atoms with Crippen LogP contribution in [0.3, 0.4) is 0 Å². The highest BCUT2D eigenvalue weighted by Gasteiger charge is 2.28. The SMILES string of the molecule is NC(=O)c1c(NC(=O)CN2CCN(C(=O)c3n[nH]c4ccccc34)CC2)sc2c1CCC2. The van der Waals surface area contributed by atoms with Crippen molar-refractivity contribution in [3.8, 4) is 0 Å². The standard InChI is InChI=1S/C22H24N6O3S/c23-20(30)18-14-5-3-7-16(14)32-21(18)24-17(29)12-27-8-10-28(11-9-27)22(31)19-13-4-1-2-6-15(13)25-26-19/h1-2,4,6H,3,5,7-12H2,(H2,23,30)(H,24,29)(H,25,26). The number of fused-ring (bicyclic) bond motifs is 2. The number of rotatable bonds is 5. The number of carbonyl (C=O) groups is 3. The molecule has 0 saturated carbocycles. The Kier molecular flexibility index (Phi) is 5.40. The van der Waals surface area contributed by atoms with Crippen molar-refractivity contribution in [2.45, 2.75) is 19.3 Å². The Labute approximate surface area is 188 Å². The molecule has 3 heterocycles. The minimum Gasteiger partial charge on any atom is -0.365 e. The Morgan fingerprint density at radius 3 is 2.69 bits per heavy atom. The lowest BCUT2D eigenvalue weighted by Crippen LogP contribution is -2.50. The molecular weight excluding hydrogens is 428 g/mol. The van der Waals surface area contributed by atoms with Crippen LogP contribution in [0.25, 0.3) is 10.9 Å². The normalized spacial score (nSPS) is 16.3. The number of benzene rings is 1. The number of nitrogens with zero attached hydrogens (tertiary/aromatic N) is 3. The molecule has 3 amide bonds. The summed E-state index contributed by atoms with van der Waals surface area (Å²) in [5.41, 5.74) is 8.30. The monoisotopic (exact) mass is 452 g/mol. The van der Waals surface area contributed by atoms with Crippen LogP contribution in [0.5, 0.6) is 0 Å². The van der Waals surface area contributed by atoms with Crippen molar-refractivity contribution in [1.82, 2.24) is 20.0 Å². The van der Waals surface area contributed by atoms with Gasteiger partial charge in [-0.25, -0.2) is 0 Å². The molecule has 1 aromatic carbocycles. The first-order chi connectivity index (χ1) is 15.5. The summed E-state index contributed by atoms with van der Waals surface area (Å²) in [4.78, 5) is 42.4. The average molecular weight is 453 g/mol. The van der Waals surface area contributed by atoms with Gasteiger partial charge in [0.1, 0.15) is 5.00 Å². The molecule has 0 spiro atoms. The Bertz CT molecular complexity index is 1210. The number of para-hydroxylation sites is 1. The fourth-order valence-corrected chi connectivity index (χ4v) is 5.82. The number of nitrogens with one attached hydrogen (secondary N) is 2. The van der Waals surface area contributed by atoms with Crippen molar-refractivity contribution < 1.29 is 14.4 Å². The van der Waals surface area contributed by atoms with Gasteiger partial charge < -0.3 is 16.0 Å². The second kappa shape index (κ2) is 8.36. The molecule has 1 fully saturated rings. The van der Waals surface area contributed by atoms with Crippen molar-refractivity contribution in [1.29, 1.82) is 0 Å². The van der Waals surface area contributed by atoms with Crippen molar-refractivity contribution in [3.63, 3.8) is 0 Å². The van der Waals surface area contributed by atoms with E-state index >= 15 is 0 Å². The van der Waals surface area contributed by atoms with E-state index in [2.05, 4.69) is 15.5 Å². The summed E-state index contributed by atoms with van der Waals surface area (Å²) >= 11 is 1.46. The summed E-state index contributed by atoms with van der Waals surface area (Å²) in [5.74, 6) is -0.769. The number of aryl methyl sites for hydroxylation is 1. The van der Waals surface area contributed by atoms with E-state index < -0.39 is 5.91 Å². The zero-order valence-corrected chi connectivity index (χ0v) is 18.3. The van der Waals surface area contributed by atoms with Crippen LogP contribution < -0.4 is 11.1 Å². The molecule has 0 radical (unpaired) electrons. The summed E-state index contributed by atoms with van der Waals surface area (Å²) in [7, 11) is 0. The number of carbonyl (C=O) groups excluding carboxylic acids is 3. The third-order valence-corrected chi connectivity index (χ3v) is 7.33. The number of aromatic nitrogens is 2. The Balaban J connectivity index is 1.18. The quantitative estimate of drug-likeness (QED) is 0.542. The van der Waals surface area contributed by atoms with E-state index in [1.807, 2.05) is 29.2 Å². The minimum atomic E-state index is -0.488. The van der Waals surface area contributed by atoms with Gasteiger partial charge in [0, 0.05) is 36.4 Å². The van der Waals surface area contributed by atoms with Gasteiger partial charge >= 0.3 is 0 Å². The molecule has 9 nitrogen and oxygen atoms in total. The second-order valence-corrected chi connectivity index (χ2v) is 9.27. The first-order valence-corrected chi connectivity index (χ1v) is 11.5. The van der Waals surface area contributed by atoms with E-state index in [1.54, 1.807) is 4.90 Å². The Hall–Kier alpha value is -3.24. The van der Waals surface area contributed by atoms with Crippen molar-refractivity contribution in [2.75, 3.05) is 38.0 Å². The highest BCUT2D eigenvalue weighted by molar-refractivity contribution is 7.17. The van der Waals surface area contributed by atoms with Crippen LogP contribution in [-0.4, -0.2) is 70.4 Å². The molecule has 1 saturated heterocycles. The number of hydrogen-bond acceptors (Lipinski definition) is 6. The molecule has 3 aromatic rings. The maximum Gasteiger partial charge on any atom is 0.275 e. The Morgan fingerprint density at radius 1 is 1.12 bits per heavy atom. The summed E-state index contributed by atoms with van der Waals surface area (Å²) in [6.45, 7) is 2.42. The molecule has 0 bridgehead atoms. The summed E-state index contributed by atoms with van der Waals surface area (Å²) < 4.78 is 0. The third kappa shape index (κ3) is 3.76. The molecule has 1 aliphatic heterocycles. The number of anilines is 1. The predicted molar refractivity (Wildman–Crippen MR) is 122 cm³/mol. The predicted octanol–water partition coefficient (Wildman–Crippen LogP) is 1.61. The molecule has 4 N–H and O–H groups in total. The fourth-order valence-electron chi connectivity index (χ4n) is 4.51. The lowest BCUT2D eigenvalue weighted by molar-refractivity contribution is -0.117. The van der Waals surface area contributed by atoms with E-state index in [0.717, 1.165) is 40.6 Å². The number of aromatic amines is 1. The summed E-state index contributed by atoms with van der Waals surface area (Å²) in [6, 6.07) is 7.56. The van der Waals surface area contributed by atoms with E-state index in [1.165, 1.54) is 11.3 Å². The van der Waals surface area contributed by atoms with Gasteiger partial charge in [0.15, 0.2) is 5.69 Å². The number of hydrogen-bond donors (Lipinski definition) is 3. The van der Waals surface area contributed by atoms with Gasteiger partial charge in [0.25, 0.3) is 11.8 Å². The first kappa shape index (κ1) is 20.7. The van der Waals surface area contributed by atoms with Gasteiger partial charge in [0.05, 0.1) is 17.6 Å². The van der Waals surface area contributed by atoms with E-state index in [9.17, 15) is 14.4 Å². The van der Waals surface area contributed by atoms with Crippen LogP contribution >= 0.6 is 11.3 Å². The molecule has 2 aromatic heterocycles. The van der Waals surface area contributed by atoms with Crippen LogP contribution in [0.2, 0.25) is 0 Å².